The molecule has 0 unspecified atom stereocenters. The third-order valence-corrected chi connectivity index (χ3v) is 4.36. The monoisotopic (exact) mass is 360 g/mol. The van der Waals surface area contributed by atoms with E-state index in [-0.39, 0.29) is 6.61 Å². The minimum Gasteiger partial charge on any atom is -0.491 e. The van der Waals surface area contributed by atoms with Crippen LogP contribution < -0.4 is 15.0 Å². The van der Waals surface area contributed by atoms with Crippen molar-refractivity contribution in [2.75, 3.05) is 11.5 Å². The fraction of sp³-hybridized carbons (Fsp3) is 0.200. The van der Waals surface area contributed by atoms with Gasteiger partial charge in [0.2, 0.25) is 0 Å². The highest BCUT2D eigenvalue weighted by molar-refractivity contribution is 6.23. The van der Waals surface area contributed by atoms with Crippen LogP contribution in [-0.2, 0) is 4.79 Å². The largest absolute Gasteiger partial charge is 0.491 e. The molecular weight excluding hydrogens is 344 g/mol. The Labute approximate surface area is 156 Å². The lowest BCUT2D eigenvalue weighted by atomic mass is 10.0. The molecule has 0 bridgehead atoms. The van der Waals surface area contributed by atoms with Crippen LogP contribution in [0.1, 0.15) is 23.6 Å². The van der Waals surface area contributed by atoms with Crippen LogP contribution in [0.15, 0.2) is 42.5 Å². The van der Waals surface area contributed by atoms with Crippen molar-refractivity contribution < 1.29 is 14.3 Å². The maximum absolute atomic E-state index is 12.9. The van der Waals surface area contributed by atoms with Gasteiger partial charge in [0, 0.05) is 0 Å². The minimum absolute atomic E-state index is 0.0603. The number of nitrogens with one attached hydrogen (secondary N) is 1. The highest BCUT2D eigenvalue weighted by atomic mass is 16.5. The molecular formula is C20H16N4O3. The van der Waals surface area contributed by atoms with Gasteiger partial charge in [0.1, 0.15) is 12.4 Å². The average Bonchev–Trinajstić information content (AvgIpc) is 2.89. The molecule has 2 aromatic carbocycles. The second kappa shape index (κ2) is 6.81. The van der Waals surface area contributed by atoms with Crippen molar-refractivity contribution >= 4 is 17.6 Å². The van der Waals surface area contributed by atoms with Crippen molar-refractivity contribution in [2.24, 2.45) is 0 Å². The standard InChI is InChI=1S/C20H16N4O3/c1-13-9-16(6-5-15(13)11-22)24-18(25)20(2,23-19(24)26)12-27-17-7-3-14(10-21)4-8-17/h3-9H,12H2,1-2H3,(H,23,26)/t20-/m0/s1. The molecule has 7 nitrogen and oxygen atoms in total. The topological polar surface area (TPSA) is 106 Å². The van der Waals surface area contributed by atoms with Gasteiger partial charge >= 0.3 is 6.03 Å². The van der Waals surface area contributed by atoms with E-state index >= 15 is 0 Å². The summed E-state index contributed by atoms with van der Waals surface area (Å²) in [5, 5.41) is 20.5. The first-order valence-electron chi connectivity index (χ1n) is 8.18. The number of hydrogen-bond donors (Lipinski definition) is 1. The molecule has 0 saturated carbocycles. The summed E-state index contributed by atoms with van der Waals surface area (Å²) in [6, 6.07) is 14.8. The summed E-state index contributed by atoms with van der Waals surface area (Å²) in [6.07, 6.45) is 0. The van der Waals surface area contributed by atoms with E-state index in [1.807, 2.05) is 6.07 Å². The molecule has 3 rings (SSSR count). The molecule has 7 heteroatoms. The maximum Gasteiger partial charge on any atom is 0.329 e. The second-order valence-corrected chi connectivity index (χ2v) is 6.44. The molecule has 0 radical (unpaired) electrons. The van der Waals surface area contributed by atoms with Crippen molar-refractivity contribution in [2.45, 2.75) is 19.4 Å². The lowest BCUT2D eigenvalue weighted by molar-refractivity contribution is -0.122. The Hall–Kier alpha value is -3.84. The van der Waals surface area contributed by atoms with Crippen molar-refractivity contribution in [3.8, 4) is 17.9 Å². The van der Waals surface area contributed by atoms with Gasteiger partial charge in [0.25, 0.3) is 5.91 Å². The van der Waals surface area contributed by atoms with Gasteiger partial charge in [-0.3, -0.25) is 4.79 Å². The number of nitriles is 2. The zero-order valence-electron chi connectivity index (χ0n) is 14.8. The number of imide groups is 1. The SMILES string of the molecule is Cc1cc(N2C(=O)N[C@@](C)(COc3ccc(C#N)cc3)C2=O)ccc1C#N. The number of urea groups is 1. The van der Waals surface area contributed by atoms with E-state index in [1.54, 1.807) is 56.3 Å². The summed E-state index contributed by atoms with van der Waals surface area (Å²) in [5.41, 5.74) is 0.834. The van der Waals surface area contributed by atoms with E-state index in [4.69, 9.17) is 15.3 Å². The van der Waals surface area contributed by atoms with Crippen LogP contribution in [0.3, 0.4) is 0 Å². The first kappa shape index (κ1) is 18.0. The van der Waals surface area contributed by atoms with Crippen molar-refractivity contribution in [3.05, 3.63) is 59.2 Å². The van der Waals surface area contributed by atoms with E-state index < -0.39 is 17.5 Å². The highest BCUT2D eigenvalue weighted by Gasteiger charge is 2.49. The minimum atomic E-state index is -1.23. The van der Waals surface area contributed by atoms with Gasteiger partial charge in [0.05, 0.1) is 29.0 Å². The van der Waals surface area contributed by atoms with Crippen molar-refractivity contribution in [3.63, 3.8) is 0 Å². The number of aryl methyl sites for hydroxylation is 1. The molecule has 1 fully saturated rings. The van der Waals surface area contributed by atoms with Gasteiger partial charge in [-0.05, 0) is 61.9 Å². The third kappa shape index (κ3) is 3.31. The summed E-state index contributed by atoms with van der Waals surface area (Å²) in [5.74, 6) is 0.0511. The predicted octanol–water partition coefficient (Wildman–Crippen LogP) is 2.63. The number of hydrogen-bond acceptors (Lipinski definition) is 5. The Bertz CT molecular complexity index is 1000. The first-order valence-corrected chi connectivity index (χ1v) is 8.18. The molecule has 1 aliphatic heterocycles. The normalized spacial score (nSPS) is 18.6. The Balaban J connectivity index is 1.78. The molecule has 27 heavy (non-hydrogen) atoms. The van der Waals surface area contributed by atoms with Gasteiger partial charge < -0.3 is 10.1 Å². The van der Waals surface area contributed by atoms with Gasteiger partial charge in [-0.25, -0.2) is 9.69 Å². The first-order chi connectivity index (χ1) is 12.9. The second-order valence-electron chi connectivity index (χ2n) is 6.44. The Morgan fingerprint density at radius 1 is 1.11 bits per heavy atom. The van der Waals surface area contributed by atoms with E-state index in [1.165, 1.54) is 0 Å². The molecule has 1 N–H and O–H groups in total. The van der Waals surface area contributed by atoms with Crippen LogP contribution in [-0.4, -0.2) is 24.1 Å². The molecule has 134 valence electrons. The highest BCUT2D eigenvalue weighted by Crippen LogP contribution is 2.27. The van der Waals surface area contributed by atoms with Crippen LogP contribution in [0.25, 0.3) is 0 Å². The number of carbonyl (C=O) groups excluding carboxylic acids is 2. The number of carbonyl (C=O) groups is 2. The number of ether oxygens (including phenoxy) is 1. The molecule has 1 heterocycles. The molecule has 1 aliphatic rings. The molecule has 0 spiro atoms. The smallest absolute Gasteiger partial charge is 0.329 e. The lowest BCUT2D eigenvalue weighted by Gasteiger charge is -2.22. The van der Waals surface area contributed by atoms with Crippen molar-refractivity contribution in [1.82, 2.24) is 5.32 Å². The summed E-state index contributed by atoms with van der Waals surface area (Å²) in [6.45, 7) is 3.27. The quantitative estimate of drug-likeness (QED) is 0.844. The molecule has 3 amide bonds. The van der Waals surface area contributed by atoms with Gasteiger partial charge in [-0.1, -0.05) is 0 Å². The average molecular weight is 360 g/mol. The number of benzene rings is 2. The van der Waals surface area contributed by atoms with Gasteiger partial charge in [0.15, 0.2) is 5.54 Å². The van der Waals surface area contributed by atoms with E-state index in [0.717, 1.165) is 4.90 Å². The number of anilines is 1. The zero-order valence-corrected chi connectivity index (χ0v) is 14.8. The summed E-state index contributed by atoms with van der Waals surface area (Å²) >= 11 is 0. The predicted molar refractivity (Wildman–Crippen MR) is 97.0 cm³/mol. The van der Waals surface area contributed by atoms with Crippen LogP contribution in [0, 0.1) is 29.6 Å². The Morgan fingerprint density at radius 2 is 1.81 bits per heavy atom. The maximum atomic E-state index is 12.9. The van der Waals surface area contributed by atoms with E-state index in [0.29, 0.717) is 28.1 Å². The van der Waals surface area contributed by atoms with Gasteiger partial charge in [-0.2, -0.15) is 10.5 Å². The Morgan fingerprint density at radius 3 is 2.41 bits per heavy atom. The van der Waals surface area contributed by atoms with E-state index in [9.17, 15) is 9.59 Å². The van der Waals surface area contributed by atoms with Crippen LogP contribution >= 0.6 is 0 Å². The van der Waals surface area contributed by atoms with Gasteiger partial charge in [-0.15, -0.1) is 0 Å². The fourth-order valence-electron chi connectivity index (χ4n) is 2.78. The number of nitrogens with zero attached hydrogens (tertiary/aromatic N) is 3. The van der Waals surface area contributed by atoms with Crippen molar-refractivity contribution in [1.29, 1.82) is 10.5 Å². The zero-order chi connectivity index (χ0) is 19.6. The molecule has 0 aliphatic carbocycles. The number of rotatable bonds is 4. The summed E-state index contributed by atoms with van der Waals surface area (Å²) < 4.78 is 5.64. The van der Waals surface area contributed by atoms with Crippen LogP contribution in [0.5, 0.6) is 5.75 Å². The third-order valence-electron chi connectivity index (χ3n) is 4.36. The molecule has 2 aromatic rings. The summed E-state index contributed by atoms with van der Waals surface area (Å²) in [4.78, 5) is 26.3. The lowest BCUT2D eigenvalue weighted by Crippen LogP contribution is -2.49. The molecule has 1 saturated heterocycles. The number of amides is 3. The molecule has 0 aromatic heterocycles. The van der Waals surface area contributed by atoms with E-state index in [2.05, 4.69) is 11.4 Å². The Kier molecular flexibility index (Phi) is 4.53. The van der Waals surface area contributed by atoms with Crippen LogP contribution in [0.4, 0.5) is 10.5 Å². The summed E-state index contributed by atoms with van der Waals surface area (Å²) in [7, 11) is 0. The molecule has 1 atom stereocenters. The fourth-order valence-corrected chi connectivity index (χ4v) is 2.78. The van der Waals surface area contributed by atoms with Crippen LogP contribution in [0.2, 0.25) is 0 Å².